The zero-order valence-electron chi connectivity index (χ0n) is 22.1. The minimum Gasteiger partial charge on any atom is -0.490 e. The Bertz CT molecular complexity index is 1110. The molecule has 0 saturated heterocycles. The van der Waals surface area contributed by atoms with E-state index in [1.807, 2.05) is 45.9 Å². The SMILES string of the molecule is CC.CCCC(COc1ccc(F)cc1F)C(CC)N(C)C(=O)c1cc(C)ccc1-c1ncccn1. The number of carbonyl (C=O) groups is 1. The van der Waals surface area contributed by atoms with Gasteiger partial charge in [-0.1, -0.05) is 51.8 Å². The van der Waals surface area contributed by atoms with Gasteiger partial charge >= 0.3 is 0 Å². The van der Waals surface area contributed by atoms with Crippen LogP contribution in [0.4, 0.5) is 8.78 Å². The molecule has 194 valence electrons. The van der Waals surface area contributed by atoms with Crippen LogP contribution in [-0.4, -0.2) is 40.5 Å². The monoisotopic (exact) mass is 497 g/mol. The van der Waals surface area contributed by atoms with Crippen LogP contribution in [0.1, 0.15) is 62.9 Å². The van der Waals surface area contributed by atoms with E-state index in [0.717, 1.165) is 24.5 Å². The fraction of sp³-hybridized carbons (Fsp3) is 0.414. The van der Waals surface area contributed by atoms with E-state index < -0.39 is 11.6 Å². The largest absolute Gasteiger partial charge is 0.490 e. The van der Waals surface area contributed by atoms with Gasteiger partial charge in [0.15, 0.2) is 17.4 Å². The number of amides is 1. The van der Waals surface area contributed by atoms with Crippen molar-refractivity contribution in [3.8, 4) is 17.1 Å². The number of aryl methyl sites for hydroxylation is 1. The first-order valence-electron chi connectivity index (χ1n) is 12.6. The van der Waals surface area contributed by atoms with Crippen LogP contribution in [0.5, 0.6) is 5.75 Å². The van der Waals surface area contributed by atoms with Crippen LogP contribution in [0.3, 0.4) is 0 Å². The van der Waals surface area contributed by atoms with Crippen molar-refractivity contribution < 1.29 is 18.3 Å². The molecule has 0 aliphatic rings. The first-order valence-corrected chi connectivity index (χ1v) is 12.6. The highest BCUT2D eigenvalue weighted by Crippen LogP contribution is 2.27. The molecule has 0 spiro atoms. The van der Waals surface area contributed by atoms with Gasteiger partial charge in [0.25, 0.3) is 5.91 Å². The van der Waals surface area contributed by atoms with Crippen molar-refractivity contribution in [2.45, 2.75) is 59.9 Å². The zero-order valence-corrected chi connectivity index (χ0v) is 22.1. The number of aromatic nitrogens is 2. The molecule has 2 aromatic carbocycles. The molecule has 2 unspecified atom stereocenters. The van der Waals surface area contributed by atoms with Gasteiger partial charge in [-0.05, 0) is 44.0 Å². The fourth-order valence-electron chi connectivity index (χ4n) is 4.28. The standard InChI is InChI=1S/C27H31F2N3O2.C2H6/c1-5-8-19(17-34-25-12-10-20(28)16-23(25)29)24(6-2)32(4)27(33)22-15-18(3)9-11-21(22)26-30-13-7-14-31-26;1-2/h7,9-16,19,24H,5-6,8,17H2,1-4H3;1-2H3. The van der Waals surface area contributed by atoms with E-state index in [4.69, 9.17) is 4.74 Å². The normalized spacial score (nSPS) is 12.2. The summed E-state index contributed by atoms with van der Waals surface area (Å²) >= 11 is 0. The van der Waals surface area contributed by atoms with Gasteiger partial charge in [0.05, 0.1) is 12.2 Å². The molecule has 2 atom stereocenters. The first kappa shape index (κ1) is 28.9. The number of ether oxygens (including phenoxy) is 1. The molecular weight excluding hydrogens is 460 g/mol. The summed E-state index contributed by atoms with van der Waals surface area (Å²) < 4.78 is 33.1. The molecule has 0 aliphatic heterocycles. The number of halogens is 2. The molecule has 0 saturated carbocycles. The van der Waals surface area contributed by atoms with Gasteiger partial charge in [0.1, 0.15) is 5.82 Å². The van der Waals surface area contributed by atoms with E-state index in [1.165, 1.54) is 12.1 Å². The average molecular weight is 498 g/mol. The van der Waals surface area contributed by atoms with Crippen molar-refractivity contribution in [3.63, 3.8) is 0 Å². The van der Waals surface area contributed by atoms with Crippen LogP contribution in [0.2, 0.25) is 0 Å². The predicted octanol–water partition coefficient (Wildman–Crippen LogP) is 7.10. The Morgan fingerprint density at radius 2 is 1.75 bits per heavy atom. The third-order valence-electron chi connectivity index (χ3n) is 6.00. The van der Waals surface area contributed by atoms with Crippen LogP contribution in [-0.2, 0) is 0 Å². The molecule has 36 heavy (non-hydrogen) atoms. The van der Waals surface area contributed by atoms with E-state index >= 15 is 0 Å². The summed E-state index contributed by atoms with van der Waals surface area (Å²) in [5, 5.41) is 0. The lowest BCUT2D eigenvalue weighted by Gasteiger charge is -2.34. The Kier molecular flexibility index (Phi) is 11.4. The van der Waals surface area contributed by atoms with Crippen LogP contribution in [0.25, 0.3) is 11.4 Å². The zero-order chi connectivity index (χ0) is 26.7. The van der Waals surface area contributed by atoms with E-state index in [2.05, 4.69) is 16.9 Å². The third kappa shape index (κ3) is 7.33. The molecule has 1 heterocycles. The molecule has 0 radical (unpaired) electrons. The molecule has 1 amide bonds. The molecule has 0 N–H and O–H groups in total. The minimum absolute atomic E-state index is 0.00790. The summed E-state index contributed by atoms with van der Waals surface area (Å²) in [6, 6.07) is 10.5. The lowest BCUT2D eigenvalue weighted by molar-refractivity contribution is 0.0605. The van der Waals surface area contributed by atoms with Crippen molar-refractivity contribution in [2.24, 2.45) is 5.92 Å². The quantitative estimate of drug-likeness (QED) is 0.300. The van der Waals surface area contributed by atoms with Crippen molar-refractivity contribution in [1.29, 1.82) is 0 Å². The predicted molar refractivity (Wildman–Crippen MR) is 140 cm³/mol. The molecule has 3 rings (SSSR count). The topological polar surface area (TPSA) is 55.3 Å². The number of benzene rings is 2. The van der Waals surface area contributed by atoms with Gasteiger partial charge in [0.2, 0.25) is 0 Å². The maximum absolute atomic E-state index is 14.1. The van der Waals surface area contributed by atoms with Crippen molar-refractivity contribution in [1.82, 2.24) is 14.9 Å². The molecular formula is C29H37F2N3O2. The number of hydrogen-bond acceptors (Lipinski definition) is 4. The van der Waals surface area contributed by atoms with Crippen molar-refractivity contribution in [2.75, 3.05) is 13.7 Å². The van der Waals surface area contributed by atoms with E-state index in [9.17, 15) is 13.6 Å². The molecule has 1 aromatic heterocycles. The Morgan fingerprint density at radius 3 is 2.36 bits per heavy atom. The lowest BCUT2D eigenvalue weighted by atomic mass is 9.91. The van der Waals surface area contributed by atoms with Crippen molar-refractivity contribution >= 4 is 5.91 Å². The summed E-state index contributed by atoms with van der Waals surface area (Å²) in [5.74, 6) is -1.05. The van der Waals surface area contributed by atoms with Crippen LogP contribution >= 0.6 is 0 Å². The second kappa shape index (κ2) is 14.3. The highest BCUT2D eigenvalue weighted by molar-refractivity contribution is 6.00. The molecule has 0 fully saturated rings. The van der Waals surface area contributed by atoms with Gasteiger partial charge in [0, 0.05) is 43.0 Å². The van der Waals surface area contributed by atoms with E-state index in [0.29, 0.717) is 23.4 Å². The fourth-order valence-corrected chi connectivity index (χ4v) is 4.28. The summed E-state index contributed by atoms with van der Waals surface area (Å²) in [7, 11) is 1.79. The Balaban J connectivity index is 0.00000222. The number of nitrogens with zero attached hydrogens (tertiary/aromatic N) is 3. The van der Waals surface area contributed by atoms with Gasteiger partial charge in [-0.2, -0.15) is 0 Å². The maximum atomic E-state index is 14.1. The maximum Gasteiger partial charge on any atom is 0.254 e. The lowest BCUT2D eigenvalue weighted by Crippen LogP contribution is -2.43. The molecule has 0 bridgehead atoms. The van der Waals surface area contributed by atoms with Gasteiger partial charge in [-0.3, -0.25) is 4.79 Å². The minimum atomic E-state index is -0.736. The van der Waals surface area contributed by atoms with Crippen molar-refractivity contribution in [3.05, 3.63) is 77.6 Å². The first-order chi connectivity index (χ1) is 17.3. The highest BCUT2D eigenvalue weighted by Gasteiger charge is 2.29. The third-order valence-corrected chi connectivity index (χ3v) is 6.00. The molecule has 3 aromatic rings. The number of hydrogen-bond donors (Lipinski definition) is 0. The second-order valence-corrected chi connectivity index (χ2v) is 8.45. The summed E-state index contributed by atoms with van der Waals surface area (Å²) in [5.41, 5.74) is 2.17. The van der Waals surface area contributed by atoms with Gasteiger partial charge < -0.3 is 9.64 Å². The summed E-state index contributed by atoms with van der Waals surface area (Å²) in [4.78, 5) is 24.1. The van der Waals surface area contributed by atoms with E-state index in [-0.39, 0.29) is 30.2 Å². The smallest absolute Gasteiger partial charge is 0.254 e. The summed E-state index contributed by atoms with van der Waals surface area (Å²) in [6.07, 6.45) is 5.68. The molecule has 7 heteroatoms. The van der Waals surface area contributed by atoms with Crippen LogP contribution in [0.15, 0.2) is 54.9 Å². The Labute approximate surface area is 213 Å². The van der Waals surface area contributed by atoms with Gasteiger partial charge in [-0.15, -0.1) is 0 Å². The average Bonchev–Trinajstić information content (AvgIpc) is 2.89. The number of rotatable bonds is 10. The molecule has 5 nitrogen and oxygen atoms in total. The number of carbonyl (C=O) groups excluding carboxylic acids is 1. The van der Waals surface area contributed by atoms with Crippen LogP contribution < -0.4 is 4.74 Å². The Morgan fingerprint density at radius 1 is 1.06 bits per heavy atom. The molecule has 0 aliphatic carbocycles. The summed E-state index contributed by atoms with van der Waals surface area (Å²) in [6.45, 7) is 10.2. The highest BCUT2D eigenvalue weighted by atomic mass is 19.1. The second-order valence-electron chi connectivity index (χ2n) is 8.45. The van der Waals surface area contributed by atoms with E-state index in [1.54, 1.807) is 30.4 Å². The van der Waals surface area contributed by atoms with Gasteiger partial charge in [-0.25, -0.2) is 18.7 Å². The Hall–Kier alpha value is -3.35. The van der Waals surface area contributed by atoms with Crippen LogP contribution in [0, 0.1) is 24.5 Å².